The van der Waals surface area contributed by atoms with Crippen LogP contribution in [0.4, 0.5) is 4.39 Å². The maximum absolute atomic E-state index is 13.2. The minimum atomic E-state index is -0.524. The molecule has 0 aliphatic heterocycles. The molecule has 1 N–H and O–H groups in total. The van der Waals surface area contributed by atoms with Crippen LogP contribution in [0.5, 0.6) is 5.75 Å². The van der Waals surface area contributed by atoms with Gasteiger partial charge in [-0.2, -0.15) is 10.4 Å². The molecule has 3 aromatic carbocycles. The fraction of sp³-hybridized carbons (Fsp3) is 0.0645. The second-order valence-corrected chi connectivity index (χ2v) is 8.59. The number of nitrogens with zero attached hydrogens (tertiary/aromatic N) is 3. The lowest BCUT2D eigenvalue weighted by Gasteiger charge is -2.08. The van der Waals surface area contributed by atoms with Crippen LogP contribution in [0.3, 0.4) is 0 Å². The molecule has 8 heteroatoms. The van der Waals surface area contributed by atoms with Crippen LogP contribution in [0.15, 0.2) is 113 Å². The highest BCUT2D eigenvalue weighted by atomic mass is 19.1. The van der Waals surface area contributed by atoms with Crippen LogP contribution in [-0.4, -0.2) is 15.7 Å². The third kappa shape index (κ3) is 6.29. The molecule has 5 aromatic rings. The Morgan fingerprint density at radius 2 is 1.87 bits per heavy atom. The van der Waals surface area contributed by atoms with E-state index in [-0.39, 0.29) is 24.5 Å². The molecule has 0 saturated carbocycles. The third-order valence-corrected chi connectivity index (χ3v) is 5.86. The first kappa shape index (κ1) is 25.2. The molecule has 0 bridgehead atoms. The summed E-state index contributed by atoms with van der Waals surface area (Å²) in [5.41, 5.74) is 3.47. The van der Waals surface area contributed by atoms with E-state index in [2.05, 4.69) is 5.32 Å². The number of aromatic nitrogens is 2. The van der Waals surface area contributed by atoms with Crippen LogP contribution in [0.2, 0.25) is 0 Å². The minimum absolute atomic E-state index is 0.0702. The number of benzene rings is 3. The van der Waals surface area contributed by atoms with Gasteiger partial charge in [0.15, 0.2) is 0 Å². The number of amides is 1. The standard InChI is InChI=1S/C31H23FN4O3/c32-26-13-11-22(12-14-26)21-39-28-9-4-6-23(17-28)30-25(20-36(35-30)27-7-2-1-3-8-27)16-24(18-33)31(37)34-19-29-10-5-15-38-29/h1-17,20H,19,21H2,(H,34,37)/b24-16-. The number of halogens is 1. The van der Waals surface area contributed by atoms with E-state index in [1.54, 1.807) is 35.1 Å². The van der Waals surface area contributed by atoms with Crippen molar-refractivity contribution in [3.63, 3.8) is 0 Å². The Labute approximate surface area is 224 Å². The largest absolute Gasteiger partial charge is 0.489 e. The molecule has 7 nitrogen and oxygen atoms in total. The van der Waals surface area contributed by atoms with E-state index in [4.69, 9.17) is 14.3 Å². The van der Waals surface area contributed by atoms with Gasteiger partial charge in [-0.05, 0) is 60.2 Å². The van der Waals surface area contributed by atoms with Crippen molar-refractivity contribution in [3.05, 3.63) is 132 Å². The third-order valence-electron chi connectivity index (χ3n) is 5.86. The van der Waals surface area contributed by atoms with Gasteiger partial charge in [0.05, 0.1) is 18.5 Å². The van der Waals surface area contributed by atoms with Crippen LogP contribution in [-0.2, 0) is 17.9 Å². The van der Waals surface area contributed by atoms with Crippen LogP contribution >= 0.6 is 0 Å². The monoisotopic (exact) mass is 518 g/mol. The van der Waals surface area contributed by atoms with Gasteiger partial charge < -0.3 is 14.5 Å². The van der Waals surface area contributed by atoms with Gasteiger partial charge in [0.2, 0.25) is 0 Å². The lowest BCUT2D eigenvalue weighted by atomic mass is 10.1. The molecule has 39 heavy (non-hydrogen) atoms. The van der Waals surface area contributed by atoms with Gasteiger partial charge in [-0.1, -0.05) is 42.5 Å². The number of hydrogen-bond acceptors (Lipinski definition) is 5. The van der Waals surface area contributed by atoms with E-state index in [1.165, 1.54) is 24.5 Å². The average molecular weight is 519 g/mol. The Balaban J connectivity index is 1.45. The first-order valence-corrected chi connectivity index (χ1v) is 12.1. The normalized spacial score (nSPS) is 11.1. The van der Waals surface area contributed by atoms with Crippen molar-refractivity contribution >= 4 is 12.0 Å². The fourth-order valence-corrected chi connectivity index (χ4v) is 3.89. The molecule has 0 unspecified atom stereocenters. The maximum atomic E-state index is 13.2. The molecule has 0 radical (unpaired) electrons. The Hall–Kier alpha value is -5.42. The van der Waals surface area contributed by atoms with Crippen LogP contribution < -0.4 is 10.1 Å². The molecule has 5 rings (SSSR count). The Morgan fingerprint density at radius 3 is 2.62 bits per heavy atom. The zero-order valence-electron chi connectivity index (χ0n) is 20.8. The second-order valence-electron chi connectivity index (χ2n) is 8.59. The van der Waals surface area contributed by atoms with Crippen molar-refractivity contribution in [2.45, 2.75) is 13.2 Å². The van der Waals surface area contributed by atoms with E-state index in [0.717, 1.165) is 16.8 Å². The summed E-state index contributed by atoms with van der Waals surface area (Å²) in [7, 11) is 0. The van der Waals surface area contributed by atoms with E-state index < -0.39 is 5.91 Å². The SMILES string of the molecule is N#C/C(=C/c1cn(-c2ccccc2)nc1-c1cccc(OCc2ccc(F)cc2)c1)C(=O)NCc1ccco1. The van der Waals surface area contributed by atoms with Crippen molar-refractivity contribution in [2.75, 3.05) is 0 Å². The van der Waals surface area contributed by atoms with Gasteiger partial charge >= 0.3 is 0 Å². The summed E-state index contributed by atoms with van der Waals surface area (Å²) in [5, 5.41) is 17.2. The maximum Gasteiger partial charge on any atom is 0.262 e. The number of ether oxygens (including phenoxy) is 1. The van der Waals surface area contributed by atoms with Crippen molar-refractivity contribution in [1.82, 2.24) is 15.1 Å². The highest BCUT2D eigenvalue weighted by molar-refractivity contribution is 6.02. The van der Waals surface area contributed by atoms with E-state index >= 15 is 0 Å². The van der Waals surface area contributed by atoms with Crippen molar-refractivity contribution in [3.8, 4) is 28.8 Å². The van der Waals surface area contributed by atoms with Crippen LogP contribution in [0.1, 0.15) is 16.9 Å². The molecule has 0 spiro atoms. The van der Waals surface area contributed by atoms with E-state index in [0.29, 0.717) is 22.8 Å². The molecule has 2 heterocycles. The predicted octanol–water partition coefficient (Wildman–Crippen LogP) is 6.07. The Kier molecular flexibility index (Phi) is 7.61. The highest BCUT2D eigenvalue weighted by Crippen LogP contribution is 2.29. The Bertz CT molecular complexity index is 1630. The van der Waals surface area contributed by atoms with Gasteiger partial charge in [-0.25, -0.2) is 9.07 Å². The fourth-order valence-electron chi connectivity index (χ4n) is 3.89. The molecule has 2 aromatic heterocycles. The summed E-state index contributed by atoms with van der Waals surface area (Å²) in [5.74, 6) is 0.346. The molecule has 0 aliphatic carbocycles. The van der Waals surface area contributed by atoms with Crippen molar-refractivity contribution in [1.29, 1.82) is 5.26 Å². The number of hydrogen-bond donors (Lipinski definition) is 1. The van der Waals surface area contributed by atoms with Crippen molar-refractivity contribution in [2.24, 2.45) is 0 Å². The van der Waals surface area contributed by atoms with E-state index in [9.17, 15) is 14.4 Å². The molecule has 0 atom stereocenters. The van der Waals surface area contributed by atoms with Gasteiger partial charge in [-0.15, -0.1) is 0 Å². The molecule has 0 saturated heterocycles. The second kappa shape index (κ2) is 11.8. The van der Waals surface area contributed by atoms with Gasteiger partial charge in [0, 0.05) is 17.3 Å². The summed E-state index contributed by atoms with van der Waals surface area (Å²) in [6.07, 6.45) is 4.81. The molecular weight excluding hydrogens is 495 g/mol. The first-order chi connectivity index (χ1) is 19.1. The molecule has 1 amide bonds. The molecular formula is C31H23FN4O3. The van der Waals surface area contributed by atoms with Crippen LogP contribution in [0, 0.1) is 17.1 Å². The topological polar surface area (TPSA) is 93.1 Å². The molecule has 192 valence electrons. The summed E-state index contributed by atoms with van der Waals surface area (Å²) < 4.78 is 26.1. The lowest BCUT2D eigenvalue weighted by molar-refractivity contribution is -0.117. The number of para-hydroxylation sites is 1. The van der Waals surface area contributed by atoms with Crippen LogP contribution in [0.25, 0.3) is 23.0 Å². The quantitative estimate of drug-likeness (QED) is 0.189. The number of nitrogens with one attached hydrogen (secondary N) is 1. The van der Waals surface area contributed by atoms with Gasteiger partial charge in [-0.3, -0.25) is 4.79 Å². The number of carbonyl (C=O) groups excluding carboxylic acids is 1. The minimum Gasteiger partial charge on any atom is -0.489 e. The highest BCUT2D eigenvalue weighted by Gasteiger charge is 2.16. The lowest BCUT2D eigenvalue weighted by Crippen LogP contribution is -2.23. The average Bonchev–Trinajstić information content (AvgIpc) is 3.65. The summed E-state index contributed by atoms with van der Waals surface area (Å²) in [6, 6.07) is 28.5. The van der Waals surface area contributed by atoms with Gasteiger partial charge in [0.25, 0.3) is 5.91 Å². The molecule has 0 fully saturated rings. The van der Waals surface area contributed by atoms with Crippen molar-refractivity contribution < 1.29 is 18.3 Å². The zero-order chi connectivity index (χ0) is 27.0. The van der Waals surface area contributed by atoms with E-state index in [1.807, 2.05) is 60.7 Å². The zero-order valence-corrected chi connectivity index (χ0v) is 20.8. The summed E-state index contributed by atoms with van der Waals surface area (Å²) in [6.45, 7) is 0.428. The number of furan rings is 1. The number of rotatable bonds is 9. The Morgan fingerprint density at radius 1 is 1.05 bits per heavy atom. The molecule has 0 aliphatic rings. The first-order valence-electron chi connectivity index (χ1n) is 12.1. The summed E-state index contributed by atoms with van der Waals surface area (Å²) >= 11 is 0. The van der Waals surface area contributed by atoms with Gasteiger partial charge in [0.1, 0.15) is 41.3 Å². The summed E-state index contributed by atoms with van der Waals surface area (Å²) in [4.78, 5) is 12.8. The number of carbonyl (C=O) groups is 1. The predicted molar refractivity (Wildman–Crippen MR) is 144 cm³/mol. The smallest absolute Gasteiger partial charge is 0.262 e. The number of nitriles is 1.